The Morgan fingerprint density at radius 3 is 3.05 bits per heavy atom. The van der Waals surface area contributed by atoms with Crippen molar-refractivity contribution in [1.82, 2.24) is 9.88 Å². The second-order valence-corrected chi connectivity index (χ2v) is 6.12. The molecule has 1 aliphatic rings. The van der Waals surface area contributed by atoms with Crippen LogP contribution >= 0.6 is 11.8 Å². The summed E-state index contributed by atoms with van der Waals surface area (Å²) in [5.41, 5.74) is 1.61. The van der Waals surface area contributed by atoms with Gasteiger partial charge in [0.15, 0.2) is 0 Å². The van der Waals surface area contributed by atoms with E-state index in [1.807, 2.05) is 40.9 Å². The first-order valence-corrected chi connectivity index (χ1v) is 7.97. The number of hydrogen-bond acceptors (Lipinski definition) is 3. The van der Waals surface area contributed by atoms with Gasteiger partial charge in [-0.3, -0.25) is 4.79 Å². The smallest absolute Gasteiger partial charge is 0.270 e. The second kappa shape index (κ2) is 5.79. The number of fused-ring (bicyclic) bond motifs is 1. The van der Waals surface area contributed by atoms with Crippen LogP contribution in [0.1, 0.15) is 16.9 Å². The zero-order chi connectivity index (χ0) is 13.9. The Morgan fingerprint density at radius 1 is 1.30 bits per heavy atom. The molecule has 0 atom stereocenters. The molecule has 0 spiro atoms. The average molecular weight is 290 g/mol. The molecule has 2 aromatic rings. The Kier molecular flexibility index (Phi) is 3.87. The van der Waals surface area contributed by atoms with E-state index in [9.17, 15) is 4.79 Å². The molecule has 1 aromatic carbocycles. The maximum absolute atomic E-state index is 12.5. The van der Waals surface area contributed by atoms with Crippen molar-refractivity contribution in [3.05, 3.63) is 30.0 Å². The number of nitrogens with one attached hydrogen (secondary N) is 1. The first kappa shape index (κ1) is 13.4. The summed E-state index contributed by atoms with van der Waals surface area (Å²) >= 11 is 1.92. The molecule has 0 saturated carbocycles. The number of carbonyl (C=O) groups excluding carboxylic acids is 1. The number of aromatic amines is 1. The molecule has 1 aliphatic heterocycles. The highest BCUT2D eigenvalue weighted by Gasteiger charge is 2.19. The summed E-state index contributed by atoms with van der Waals surface area (Å²) in [5, 5.41) is 1.04. The molecule has 1 saturated heterocycles. The van der Waals surface area contributed by atoms with Gasteiger partial charge in [-0.2, -0.15) is 11.8 Å². The van der Waals surface area contributed by atoms with Gasteiger partial charge >= 0.3 is 0 Å². The molecule has 5 heteroatoms. The summed E-state index contributed by atoms with van der Waals surface area (Å²) in [6, 6.07) is 7.73. The molecule has 0 bridgehead atoms. The van der Waals surface area contributed by atoms with Crippen molar-refractivity contribution < 1.29 is 9.53 Å². The minimum absolute atomic E-state index is 0.0997. The van der Waals surface area contributed by atoms with Gasteiger partial charge in [0.2, 0.25) is 0 Å². The van der Waals surface area contributed by atoms with Gasteiger partial charge in [-0.1, -0.05) is 0 Å². The van der Waals surface area contributed by atoms with E-state index in [1.165, 1.54) is 0 Å². The molecule has 3 rings (SSSR count). The normalized spacial score (nSPS) is 16.1. The molecule has 2 heterocycles. The monoisotopic (exact) mass is 290 g/mol. The van der Waals surface area contributed by atoms with E-state index in [4.69, 9.17) is 4.74 Å². The highest BCUT2D eigenvalue weighted by Crippen LogP contribution is 2.22. The van der Waals surface area contributed by atoms with Crippen molar-refractivity contribution in [2.75, 3.05) is 31.7 Å². The molecule has 20 heavy (non-hydrogen) atoms. The first-order valence-electron chi connectivity index (χ1n) is 6.82. The zero-order valence-electron chi connectivity index (χ0n) is 11.5. The lowest BCUT2D eigenvalue weighted by Gasteiger charge is -2.18. The van der Waals surface area contributed by atoms with Gasteiger partial charge in [0.1, 0.15) is 11.4 Å². The third-order valence-electron chi connectivity index (χ3n) is 3.57. The lowest BCUT2D eigenvalue weighted by Crippen LogP contribution is -2.33. The van der Waals surface area contributed by atoms with Crippen molar-refractivity contribution >= 4 is 28.6 Å². The van der Waals surface area contributed by atoms with E-state index in [2.05, 4.69) is 4.98 Å². The van der Waals surface area contributed by atoms with E-state index in [0.29, 0.717) is 5.69 Å². The van der Waals surface area contributed by atoms with Crippen LogP contribution < -0.4 is 4.74 Å². The number of nitrogens with zero attached hydrogens (tertiary/aromatic N) is 1. The molecule has 106 valence electrons. The van der Waals surface area contributed by atoms with Crippen LogP contribution in [-0.4, -0.2) is 47.5 Å². The fourth-order valence-corrected chi connectivity index (χ4v) is 3.35. The van der Waals surface area contributed by atoms with Crippen LogP contribution in [0, 0.1) is 0 Å². The minimum atomic E-state index is 0.0997. The second-order valence-electron chi connectivity index (χ2n) is 4.89. The Morgan fingerprint density at radius 2 is 2.20 bits per heavy atom. The van der Waals surface area contributed by atoms with Crippen molar-refractivity contribution in [2.45, 2.75) is 6.42 Å². The maximum Gasteiger partial charge on any atom is 0.270 e. The Balaban J connectivity index is 1.87. The van der Waals surface area contributed by atoms with Crippen molar-refractivity contribution in [3.8, 4) is 5.75 Å². The summed E-state index contributed by atoms with van der Waals surface area (Å²) in [6.45, 7) is 1.69. The van der Waals surface area contributed by atoms with Gasteiger partial charge in [-0.15, -0.1) is 0 Å². The number of ether oxygens (including phenoxy) is 1. The number of thioether (sulfide) groups is 1. The van der Waals surface area contributed by atoms with Crippen LogP contribution in [0.4, 0.5) is 0 Å². The van der Waals surface area contributed by atoms with Gasteiger partial charge in [0.25, 0.3) is 5.91 Å². The number of benzene rings is 1. The highest BCUT2D eigenvalue weighted by molar-refractivity contribution is 7.99. The van der Waals surface area contributed by atoms with E-state index < -0.39 is 0 Å². The number of H-pyrrole nitrogens is 1. The van der Waals surface area contributed by atoms with Crippen LogP contribution in [-0.2, 0) is 0 Å². The fraction of sp³-hybridized carbons (Fsp3) is 0.400. The van der Waals surface area contributed by atoms with Gasteiger partial charge in [-0.05, 0) is 30.4 Å². The zero-order valence-corrected chi connectivity index (χ0v) is 12.3. The predicted octanol–water partition coefficient (Wildman–Crippen LogP) is 2.76. The molecular formula is C15H18N2O2S. The van der Waals surface area contributed by atoms with E-state index in [1.54, 1.807) is 7.11 Å². The van der Waals surface area contributed by atoms with Gasteiger partial charge in [0, 0.05) is 35.8 Å². The van der Waals surface area contributed by atoms with E-state index >= 15 is 0 Å². The average Bonchev–Trinajstić information content (AvgIpc) is 2.71. The minimum Gasteiger partial charge on any atom is -0.497 e. The first-order chi connectivity index (χ1) is 9.78. The van der Waals surface area contributed by atoms with Gasteiger partial charge < -0.3 is 14.6 Å². The van der Waals surface area contributed by atoms with Crippen LogP contribution in [0.2, 0.25) is 0 Å². The number of carbonyl (C=O) groups is 1. The molecule has 1 amide bonds. The molecule has 1 N–H and O–H groups in total. The van der Waals surface area contributed by atoms with Crippen molar-refractivity contribution in [3.63, 3.8) is 0 Å². The topological polar surface area (TPSA) is 45.3 Å². The van der Waals surface area contributed by atoms with E-state index in [-0.39, 0.29) is 5.91 Å². The number of aromatic nitrogens is 1. The quantitative estimate of drug-likeness (QED) is 0.925. The summed E-state index contributed by atoms with van der Waals surface area (Å²) in [6.07, 6.45) is 1.07. The molecule has 1 fully saturated rings. The number of methoxy groups -OCH3 is 1. The summed E-state index contributed by atoms with van der Waals surface area (Å²) in [4.78, 5) is 17.7. The molecule has 0 aliphatic carbocycles. The molecule has 4 nitrogen and oxygen atoms in total. The lowest BCUT2D eigenvalue weighted by atomic mass is 10.2. The number of rotatable bonds is 2. The lowest BCUT2D eigenvalue weighted by molar-refractivity contribution is 0.0763. The van der Waals surface area contributed by atoms with Crippen molar-refractivity contribution in [2.24, 2.45) is 0 Å². The van der Waals surface area contributed by atoms with Crippen molar-refractivity contribution in [1.29, 1.82) is 0 Å². The summed E-state index contributed by atoms with van der Waals surface area (Å²) in [7, 11) is 1.64. The van der Waals surface area contributed by atoms with Crippen LogP contribution in [0.25, 0.3) is 10.9 Å². The van der Waals surface area contributed by atoms with Gasteiger partial charge in [-0.25, -0.2) is 0 Å². The predicted molar refractivity (Wildman–Crippen MR) is 82.7 cm³/mol. The third-order valence-corrected chi connectivity index (χ3v) is 4.62. The number of amides is 1. The standard InChI is InChI=1S/C15H18N2O2S/c1-19-12-4-3-11-9-14(16-13(11)10-12)15(18)17-5-2-7-20-8-6-17/h3-4,9-10,16H,2,5-8H2,1H3. The summed E-state index contributed by atoms with van der Waals surface area (Å²) in [5.74, 6) is 3.07. The molecule has 1 aromatic heterocycles. The third kappa shape index (κ3) is 2.63. The molecular weight excluding hydrogens is 272 g/mol. The maximum atomic E-state index is 12.5. The molecule has 0 radical (unpaired) electrons. The van der Waals surface area contributed by atoms with E-state index in [0.717, 1.165) is 47.7 Å². The van der Waals surface area contributed by atoms with Gasteiger partial charge in [0.05, 0.1) is 7.11 Å². The van der Waals surface area contributed by atoms with Crippen LogP contribution in [0.3, 0.4) is 0 Å². The highest BCUT2D eigenvalue weighted by atomic mass is 32.2. The SMILES string of the molecule is COc1ccc2cc(C(=O)N3CCCSCC3)[nH]c2c1. The van der Waals surface area contributed by atoms with Crippen LogP contribution in [0.15, 0.2) is 24.3 Å². The van der Waals surface area contributed by atoms with Crippen LogP contribution in [0.5, 0.6) is 5.75 Å². The molecule has 0 unspecified atom stereocenters. The fourth-order valence-electron chi connectivity index (χ4n) is 2.47. The summed E-state index contributed by atoms with van der Waals surface area (Å²) < 4.78 is 5.21. The Hall–Kier alpha value is -1.62. The largest absolute Gasteiger partial charge is 0.497 e. The Bertz CT molecular complexity index is 615. The number of hydrogen-bond donors (Lipinski definition) is 1. The Labute approximate surface area is 122 Å².